The van der Waals surface area contributed by atoms with Crippen molar-refractivity contribution in [3.05, 3.63) is 47.5 Å². The van der Waals surface area contributed by atoms with Crippen LogP contribution in [0.15, 0.2) is 42.0 Å². The molecule has 7 nitrogen and oxygen atoms in total. The SMILES string of the molecule is CCOC(=O)/C(C)=C/[C@@H](C(C)C)N(C)C(=O)[C@@H](NC(=O)C(NC)C1(c2ccccc2)CCCCC1)C(C)(C)C. The van der Waals surface area contributed by atoms with E-state index in [1.54, 1.807) is 31.9 Å². The van der Waals surface area contributed by atoms with E-state index < -0.39 is 17.5 Å². The highest BCUT2D eigenvalue weighted by Gasteiger charge is 2.46. The first-order chi connectivity index (χ1) is 18.3. The summed E-state index contributed by atoms with van der Waals surface area (Å²) in [6.07, 6.45) is 6.91. The fraction of sp³-hybridized carbons (Fsp3) is 0.656. The van der Waals surface area contributed by atoms with E-state index in [0.717, 1.165) is 37.7 Å². The smallest absolute Gasteiger partial charge is 0.333 e. The molecule has 1 fully saturated rings. The van der Waals surface area contributed by atoms with Crippen molar-refractivity contribution in [1.82, 2.24) is 15.5 Å². The number of nitrogens with zero attached hydrogens (tertiary/aromatic N) is 1. The number of benzene rings is 1. The number of carbonyl (C=O) groups excluding carboxylic acids is 3. The number of likely N-dealkylation sites (N-methyl/N-ethyl adjacent to an activating group) is 2. The van der Waals surface area contributed by atoms with Gasteiger partial charge in [0.25, 0.3) is 0 Å². The Kier molecular flexibility index (Phi) is 11.8. The van der Waals surface area contributed by atoms with Crippen molar-refractivity contribution in [1.29, 1.82) is 0 Å². The molecule has 218 valence electrons. The number of ether oxygens (including phenoxy) is 1. The number of rotatable bonds is 11. The minimum absolute atomic E-state index is 0.0493. The van der Waals surface area contributed by atoms with E-state index in [1.807, 2.05) is 59.9 Å². The standard InChI is InChI=1S/C32H51N3O4/c1-10-39-30(38)23(4)21-25(22(2)3)35(9)29(37)27(31(5,6)7)34-28(36)26(33-8)32(19-15-12-16-20-32)24-17-13-11-14-18-24/h11,13-14,17-18,21-22,25-27,33H,10,12,15-16,19-20H2,1-9H3,(H,34,36)/b23-21+/t25-,26?,27+/m0/s1. The zero-order chi connectivity index (χ0) is 29.4. The largest absolute Gasteiger partial charge is 0.463 e. The highest BCUT2D eigenvalue weighted by Crippen LogP contribution is 2.42. The lowest BCUT2D eigenvalue weighted by Gasteiger charge is -2.44. The lowest BCUT2D eigenvalue weighted by atomic mass is 9.64. The summed E-state index contributed by atoms with van der Waals surface area (Å²) < 4.78 is 5.15. The Hall–Kier alpha value is -2.67. The highest BCUT2D eigenvalue weighted by atomic mass is 16.5. The van der Waals surface area contributed by atoms with Crippen LogP contribution in [0, 0.1) is 11.3 Å². The van der Waals surface area contributed by atoms with Crippen LogP contribution >= 0.6 is 0 Å². The highest BCUT2D eigenvalue weighted by molar-refractivity contribution is 5.92. The number of nitrogens with one attached hydrogen (secondary N) is 2. The van der Waals surface area contributed by atoms with Gasteiger partial charge in [0.2, 0.25) is 11.8 Å². The molecule has 0 heterocycles. The van der Waals surface area contributed by atoms with E-state index >= 15 is 0 Å². The average Bonchev–Trinajstić information content (AvgIpc) is 2.90. The summed E-state index contributed by atoms with van der Waals surface area (Å²) in [6.45, 7) is 13.7. The number of hydrogen-bond acceptors (Lipinski definition) is 5. The molecule has 2 amide bonds. The van der Waals surface area contributed by atoms with E-state index in [9.17, 15) is 14.4 Å². The van der Waals surface area contributed by atoms with E-state index in [1.165, 1.54) is 0 Å². The van der Waals surface area contributed by atoms with Gasteiger partial charge in [-0.1, -0.05) is 90.3 Å². The summed E-state index contributed by atoms with van der Waals surface area (Å²) in [7, 11) is 3.58. The van der Waals surface area contributed by atoms with Crippen molar-refractivity contribution in [2.45, 2.75) is 104 Å². The van der Waals surface area contributed by atoms with Crippen molar-refractivity contribution >= 4 is 17.8 Å². The first-order valence-corrected chi connectivity index (χ1v) is 14.5. The maximum atomic E-state index is 14.1. The van der Waals surface area contributed by atoms with Crippen molar-refractivity contribution < 1.29 is 19.1 Å². The quantitative estimate of drug-likeness (QED) is 0.304. The second-order valence-corrected chi connectivity index (χ2v) is 12.4. The normalized spacial score (nSPS) is 18.2. The molecule has 1 aromatic carbocycles. The number of amides is 2. The first kappa shape index (κ1) is 32.5. The molecule has 0 radical (unpaired) electrons. The van der Waals surface area contributed by atoms with Crippen LogP contribution in [0.4, 0.5) is 0 Å². The van der Waals surface area contributed by atoms with Crippen molar-refractivity contribution in [3.8, 4) is 0 Å². The molecular formula is C32H51N3O4. The van der Waals surface area contributed by atoms with Crippen LogP contribution < -0.4 is 10.6 Å². The number of hydrogen-bond donors (Lipinski definition) is 2. The van der Waals surface area contributed by atoms with Gasteiger partial charge < -0.3 is 20.3 Å². The van der Waals surface area contributed by atoms with Gasteiger partial charge in [-0.25, -0.2) is 4.79 Å². The lowest BCUT2D eigenvalue weighted by Crippen LogP contribution is -2.62. The Morgan fingerprint density at radius 1 is 1.08 bits per heavy atom. The van der Waals surface area contributed by atoms with E-state index in [-0.39, 0.29) is 35.2 Å². The van der Waals surface area contributed by atoms with Gasteiger partial charge in [0.1, 0.15) is 6.04 Å². The van der Waals surface area contributed by atoms with Gasteiger partial charge in [-0.05, 0) is 50.6 Å². The molecule has 1 saturated carbocycles. The molecule has 0 bridgehead atoms. The molecule has 0 saturated heterocycles. The molecule has 1 aromatic rings. The van der Waals surface area contributed by atoms with Gasteiger partial charge in [-0.15, -0.1) is 0 Å². The molecular weight excluding hydrogens is 490 g/mol. The van der Waals surface area contributed by atoms with Gasteiger partial charge in [0.05, 0.1) is 18.7 Å². The minimum Gasteiger partial charge on any atom is -0.463 e. The zero-order valence-electron chi connectivity index (χ0n) is 25.6. The number of esters is 1. The fourth-order valence-electron chi connectivity index (χ4n) is 5.90. The van der Waals surface area contributed by atoms with Crippen LogP contribution in [0.5, 0.6) is 0 Å². The second kappa shape index (κ2) is 14.1. The lowest BCUT2D eigenvalue weighted by molar-refractivity contribution is -0.141. The molecule has 1 aliphatic rings. The average molecular weight is 542 g/mol. The predicted octanol–water partition coefficient (Wildman–Crippen LogP) is 5.00. The monoisotopic (exact) mass is 541 g/mol. The Bertz CT molecular complexity index is 990. The van der Waals surface area contributed by atoms with E-state index in [4.69, 9.17) is 4.74 Å². The van der Waals surface area contributed by atoms with Crippen LogP contribution in [-0.2, 0) is 24.5 Å². The van der Waals surface area contributed by atoms with Gasteiger partial charge in [0.15, 0.2) is 0 Å². The molecule has 2 N–H and O–H groups in total. The molecule has 1 unspecified atom stereocenters. The summed E-state index contributed by atoms with van der Waals surface area (Å²) in [5.41, 5.74) is 0.751. The second-order valence-electron chi connectivity index (χ2n) is 12.4. The van der Waals surface area contributed by atoms with Crippen LogP contribution in [0.3, 0.4) is 0 Å². The van der Waals surface area contributed by atoms with Gasteiger partial charge >= 0.3 is 5.97 Å². The maximum absolute atomic E-state index is 14.1. The van der Waals surface area contributed by atoms with Crippen LogP contribution in [0.25, 0.3) is 0 Å². The molecule has 2 rings (SSSR count). The van der Waals surface area contributed by atoms with Crippen molar-refractivity contribution in [2.75, 3.05) is 20.7 Å². The van der Waals surface area contributed by atoms with Gasteiger partial charge in [-0.3, -0.25) is 9.59 Å². The summed E-state index contributed by atoms with van der Waals surface area (Å²) in [4.78, 5) is 42.0. The Morgan fingerprint density at radius 3 is 2.15 bits per heavy atom. The zero-order valence-corrected chi connectivity index (χ0v) is 25.6. The summed E-state index contributed by atoms with van der Waals surface area (Å²) in [6, 6.07) is 8.74. The van der Waals surface area contributed by atoms with E-state index in [0.29, 0.717) is 12.2 Å². The van der Waals surface area contributed by atoms with Gasteiger partial charge in [0, 0.05) is 18.0 Å². The summed E-state index contributed by atoms with van der Waals surface area (Å²) >= 11 is 0. The Labute approximate surface area is 236 Å². The van der Waals surface area contributed by atoms with Crippen molar-refractivity contribution in [3.63, 3.8) is 0 Å². The molecule has 0 aliphatic heterocycles. The van der Waals surface area contributed by atoms with Crippen LogP contribution in [-0.4, -0.2) is 61.5 Å². The van der Waals surface area contributed by atoms with Crippen LogP contribution in [0.1, 0.15) is 86.1 Å². The fourth-order valence-corrected chi connectivity index (χ4v) is 5.90. The summed E-state index contributed by atoms with van der Waals surface area (Å²) in [5.74, 6) is -0.687. The maximum Gasteiger partial charge on any atom is 0.333 e. The van der Waals surface area contributed by atoms with Gasteiger partial charge in [-0.2, -0.15) is 0 Å². The molecule has 1 aliphatic carbocycles. The molecule has 39 heavy (non-hydrogen) atoms. The number of carbonyl (C=O) groups is 3. The third-order valence-electron chi connectivity index (χ3n) is 8.09. The molecule has 0 aromatic heterocycles. The minimum atomic E-state index is -0.750. The molecule has 0 spiro atoms. The Morgan fingerprint density at radius 2 is 1.67 bits per heavy atom. The Balaban J connectivity index is 2.40. The third kappa shape index (κ3) is 7.93. The molecule has 3 atom stereocenters. The van der Waals surface area contributed by atoms with E-state index in [2.05, 4.69) is 22.8 Å². The van der Waals surface area contributed by atoms with Crippen LogP contribution in [0.2, 0.25) is 0 Å². The third-order valence-corrected chi connectivity index (χ3v) is 8.09. The van der Waals surface area contributed by atoms with Crippen molar-refractivity contribution in [2.24, 2.45) is 11.3 Å². The first-order valence-electron chi connectivity index (χ1n) is 14.5. The topological polar surface area (TPSA) is 87.7 Å². The predicted molar refractivity (Wildman–Crippen MR) is 157 cm³/mol. The summed E-state index contributed by atoms with van der Waals surface area (Å²) in [5, 5.41) is 6.50. The molecule has 7 heteroatoms.